The molecule has 0 bridgehead atoms. The first-order valence-electron chi connectivity index (χ1n) is 6.79. The standard InChI is InChI=1S/C13H24N4S2/c1-13(2)8-6-7-9(10(13)14-3)18-12-16-15-11(19-12)17(4)5/h9-10,14H,6-8H2,1-5H3. The van der Waals surface area contributed by atoms with Gasteiger partial charge in [-0.25, -0.2) is 0 Å². The van der Waals surface area contributed by atoms with Crippen molar-refractivity contribution in [3.8, 4) is 0 Å². The van der Waals surface area contributed by atoms with Crippen molar-refractivity contribution in [1.29, 1.82) is 0 Å². The fraction of sp³-hybridized carbons (Fsp3) is 0.846. The van der Waals surface area contributed by atoms with Crippen LogP contribution < -0.4 is 10.2 Å². The third kappa shape index (κ3) is 3.41. The quantitative estimate of drug-likeness (QED) is 0.926. The second kappa shape index (κ2) is 5.97. The van der Waals surface area contributed by atoms with E-state index in [4.69, 9.17) is 0 Å². The van der Waals surface area contributed by atoms with Crippen molar-refractivity contribution in [1.82, 2.24) is 15.5 Å². The fourth-order valence-electron chi connectivity index (χ4n) is 2.85. The Labute approximate surface area is 124 Å². The van der Waals surface area contributed by atoms with Crippen molar-refractivity contribution in [3.05, 3.63) is 0 Å². The van der Waals surface area contributed by atoms with Gasteiger partial charge in [0.15, 0.2) is 4.34 Å². The zero-order chi connectivity index (χ0) is 14.0. The number of anilines is 1. The summed E-state index contributed by atoms with van der Waals surface area (Å²) in [6.07, 6.45) is 3.87. The third-order valence-corrected chi connectivity index (χ3v) is 6.38. The zero-order valence-electron chi connectivity index (χ0n) is 12.4. The molecule has 2 rings (SSSR count). The van der Waals surface area contributed by atoms with Crippen LogP contribution in [0.5, 0.6) is 0 Å². The number of nitrogens with one attached hydrogen (secondary N) is 1. The van der Waals surface area contributed by atoms with E-state index in [9.17, 15) is 0 Å². The molecule has 1 saturated carbocycles. The van der Waals surface area contributed by atoms with Crippen LogP contribution >= 0.6 is 23.1 Å². The maximum absolute atomic E-state index is 4.31. The molecule has 0 spiro atoms. The Morgan fingerprint density at radius 2 is 2.11 bits per heavy atom. The molecule has 1 fully saturated rings. The number of hydrogen-bond donors (Lipinski definition) is 1. The molecule has 2 unspecified atom stereocenters. The van der Waals surface area contributed by atoms with E-state index in [-0.39, 0.29) is 0 Å². The van der Waals surface area contributed by atoms with Gasteiger partial charge in [-0.1, -0.05) is 43.4 Å². The van der Waals surface area contributed by atoms with Crippen LogP contribution in [-0.2, 0) is 0 Å². The van der Waals surface area contributed by atoms with Crippen LogP contribution in [0.15, 0.2) is 4.34 Å². The number of rotatable bonds is 4. The summed E-state index contributed by atoms with van der Waals surface area (Å²) in [7, 11) is 6.10. The lowest BCUT2D eigenvalue weighted by Gasteiger charge is -2.43. The third-order valence-electron chi connectivity index (χ3n) is 3.87. The highest BCUT2D eigenvalue weighted by molar-refractivity contribution is 8.01. The normalized spacial score (nSPS) is 26.4. The monoisotopic (exact) mass is 300 g/mol. The van der Waals surface area contributed by atoms with E-state index >= 15 is 0 Å². The molecule has 1 aliphatic rings. The van der Waals surface area contributed by atoms with E-state index in [2.05, 4.69) is 36.4 Å². The average Bonchev–Trinajstić information content (AvgIpc) is 2.77. The molecule has 2 atom stereocenters. The van der Waals surface area contributed by atoms with Gasteiger partial charge in [0.25, 0.3) is 0 Å². The van der Waals surface area contributed by atoms with Gasteiger partial charge in [0, 0.05) is 25.4 Å². The van der Waals surface area contributed by atoms with Gasteiger partial charge in [0.1, 0.15) is 0 Å². The summed E-state index contributed by atoms with van der Waals surface area (Å²) >= 11 is 3.58. The molecule has 0 aromatic carbocycles. The van der Waals surface area contributed by atoms with Gasteiger partial charge >= 0.3 is 0 Å². The average molecular weight is 300 g/mol. The predicted octanol–water partition coefficient (Wildman–Crippen LogP) is 2.86. The smallest absolute Gasteiger partial charge is 0.208 e. The van der Waals surface area contributed by atoms with E-state index in [0.717, 1.165) is 9.47 Å². The minimum Gasteiger partial charge on any atom is -0.353 e. The lowest BCUT2D eigenvalue weighted by Crippen LogP contribution is -2.49. The van der Waals surface area contributed by atoms with Crippen molar-refractivity contribution >= 4 is 28.2 Å². The van der Waals surface area contributed by atoms with Gasteiger partial charge < -0.3 is 10.2 Å². The van der Waals surface area contributed by atoms with E-state index in [1.54, 1.807) is 11.3 Å². The summed E-state index contributed by atoms with van der Waals surface area (Å²) in [6, 6.07) is 0.540. The van der Waals surface area contributed by atoms with Gasteiger partial charge in [-0.2, -0.15) is 0 Å². The second-order valence-electron chi connectivity index (χ2n) is 6.05. The molecule has 1 N–H and O–H groups in total. The molecule has 1 aromatic heterocycles. The van der Waals surface area contributed by atoms with E-state index < -0.39 is 0 Å². The molecular formula is C13H24N4S2. The summed E-state index contributed by atoms with van der Waals surface area (Å²) in [6.45, 7) is 4.73. The van der Waals surface area contributed by atoms with Gasteiger partial charge in [-0.3, -0.25) is 0 Å². The van der Waals surface area contributed by atoms with Crippen LogP contribution in [0.3, 0.4) is 0 Å². The molecule has 1 aromatic rings. The van der Waals surface area contributed by atoms with Crippen LogP contribution in [0, 0.1) is 5.41 Å². The Morgan fingerprint density at radius 3 is 2.68 bits per heavy atom. The van der Waals surface area contributed by atoms with Gasteiger partial charge in [0.2, 0.25) is 5.13 Å². The first-order chi connectivity index (χ1) is 8.94. The molecule has 6 heteroatoms. The lowest BCUT2D eigenvalue weighted by molar-refractivity contribution is 0.182. The summed E-state index contributed by atoms with van der Waals surface area (Å²) in [4.78, 5) is 2.02. The Morgan fingerprint density at radius 1 is 1.37 bits per heavy atom. The lowest BCUT2D eigenvalue weighted by atomic mass is 9.73. The topological polar surface area (TPSA) is 41.1 Å². The number of aromatic nitrogens is 2. The van der Waals surface area contributed by atoms with Gasteiger partial charge in [-0.15, -0.1) is 10.2 Å². The summed E-state index contributed by atoms with van der Waals surface area (Å²) in [5.41, 5.74) is 0.361. The van der Waals surface area contributed by atoms with Crippen LogP contribution in [0.4, 0.5) is 5.13 Å². The summed E-state index contributed by atoms with van der Waals surface area (Å²) < 4.78 is 1.09. The van der Waals surface area contributed by atoms with Crippen molar-refractivity contribution in [2.75, 3.05) is 26.0 Å². The molecule has 4 nitrogen and oxygen atoms in total. The Hall–Kier alpha value is -0.330. The number of hydrogen-bond acceptors (Lipinski definition) is 6. The van der Waals surface area contributed by atoms with Crippen LogP contribution in [0.2, 0.25) is 0 Å². The van der Waals surface area contributed by atoms with Crippen molar-refractivity contribution in [2.24, 2.45) is 5.41 Å². The molecule has 1 aliphatic carbocycles. The summed E-state index contributed by atoms with van der Waals surface area (Å²) in [5.74, 6) is 0. The van der Waals surface area contributed by atoms with Crippen LogP contribution in [0.25, 0.3) is 0 Å². The largest absolute Gasteiger partial charge is 0.353 e. The Bertz CT molecular complexity index is 417. The minimum atomic E-state index is 0.361. The molecule has 108 valence electrons. The Kier molecular flexibility index (Phi) is 4.74. The molecule has 0 saturated heterocycles. The van der Waals surface area contributed by atoms with Crippen molar-refractivity contribution in [2.45, 2.75) is 48.7 Å². The molecule has 1 heterocycles. The van der Waals surface area contributed by atoms with Crippen molar-refractivity contribution in [3.63, 3.8) is 0 Å². The number of thioether (sulfide) groups is 1. The first-order valence-corrected chi connectivity index (χ1v) is 8.48. The van der Waals surface area contributed by atoms with Crippen LogP contribution in [-0.4, -0.2) is 42.6 Å². The molecule has 0 aliphatic heterocycles. The van der Waals surface area contributed by atoms with E-state index in [1.165, 1.54) is 19.3 Å². The number of nitrogens with zero attached hydrogens (tertiary/aromatic N) is 3. The predicted molar refractivity (Wildman–Crippen MR) is 84.4 cm³/mol. The molecule has 0 amide bonds. The maximum Gasteiger partial charge on any atom is 0.208 e. The molecule has 0 radical (unpaired) electrons. The van der Waals surface area contributed by atoms with Gasteiger partial charge in [-0.05, 0) is 25.3 Å². The zero-order valence-corrected chi connectivity index (χ0v) is 14.1. The van der Waals surface area contributed by atoms with E-state index in [1.807, 2.05) is 30.8 Å². The summed E-state index contributed by atoms with van der Waals surface area (Å²) in [5, 5.41) is 13.6. The second-order valence-corrected chi connectivity index (χ2v) is 8.49. The molecular weight excluding hydrogens is 276 g/mol. The first kappa shape index (κ1) is 15.1. The van der Waals surface area contributed by atoms with E-state index in [0.29, 0.717) is 16.7 Å². The SMILES string of the molecule is CNC1C(Sc2nnc(N(C)C)s2)CCCC1(C)C. The van der Waals surface area contributed by atoms with Gasteiger partial charge in [0.05, 0.1) is 0 Å². The molecule has 19 heavy (non-hydrogen) atoms. The maximum atomic E-state index is 4.31. The minimum absolute atomic E-state index is 0.361. The Balaban J connectivity index is 2.08. The highest BCUT2D eigenvalue weighted by Crippen LogP contribution is 2.43. The van der Waals surface area contributed by atoms with Crippen molar-refractivity contribution < 1.29 is 0 Å². The fourth-order valence-corrected chi connectivity index (χ4v) is 5.41. The van der Waals surface area contributed by atoms with Crippen LogP contribution in [0.1, 0.15) is 33.1 Å². The highest BCUT2D eigenvalue weighted by atomic mass is 32.2. The highest BCUT2D eigenvalue weighted by Gasteiger charge is 2.38.